The van der Waals surface area contributed by atoms with Crippen LogP contribution in [0.4, 0.5) is 0 Å². The lowest BCUT2D eigenvalue weighted by atomic mass is 9.94. The average Bonchev–Trinajstić information content (AvgIpc) is 2.62. The van der Waals surface area contributed by atoms with Gasteiger partial charge >= 0.3 is 5.97 Å². The van der Waals surface area contributed by atoms with Crippen LogP contribution in [0.3, 0.4) is 0 Å². The molecule has 0 spiro atoms. The van der Waals surface area contributed by atoms with E-state index in [-0.39, 0.29) is 24.3 Å². The third-order valence-corrected chi connectivity index (χ3v) is 2.84. The molecule has 0 aromatic carbocycles. The quantitative estimate of drug-likeness (QED) is 0.645. The van der Waals surface area contributed by atoms with E-state index in [2.05, 4.69) is 4.74 Å². The number of methoxy groups -OCH3 is 1. The van der Waals surface area contributed by atoms with Gasteiger partial charge < -0.3 is 9.47 Å². The van der Waals surface area contributed by atoms with Gasteiger partial charge in [0.1, 0.15) is 11.9 Å². The molecule has 1 aliphatic heterocycles. The summed E-state index contributed by atoms with van der Waals surface area (Å²) in [6, 6.07) is 0. The van der Waals surface area contributed by atoms with Gasteiger partial charge in [0.05, 0.1) is 13.5 Å². The summed E-state index contributed by atoms with van der Waals surface area (Å²) in [5.41, 5.74) is 0.801. The fourth-order valence-corrected chi connectivity index (χ4v) is 2.08. The summed E-state index contributed by atoms with van der Waals surface area (Å²) in [6.07, 6.45) is 2.93. The van der Waals surface area contributed by atoms with E-state index in [0.29, 0.717) is 12.8 Å². The highest BCUT2D eigenvalue weighted by Gasteiger charge is 2.33. The largest absolute Gasteiger partial charge is 0.493 e. The predicted molar refractivity (Wildman–Crippen MR) is 52.0 cm³/mol. The van der Waals surface area contributed by atoms with Gasteiger partial charge in [-0.05, 0) is 6.42 Å². The van der Waals surface area contributed by atoms with Gasteiger partial charge in [0.2, 0.25) is 0 Å². The smallest absolute Gasteiger partial charge is 0.309 e. The van der Waals surface area contributed by atoms with Gasteiger partial charge in [-0.15, -0.1) is 0 Å². The van der Waals surface area contributed by atoms with Gasteiger partial charge in [-0.3, -0.25) is 9.59 Å². The summed E-state index contributed by atoms with van der Waals surface area (Å²) in [7, 11) is 1.36. The van der Waals surface area contributed by atoms with Crippen molar-refractivity contribution < 1.29 is 19.1 Å². The molecule has 0 amide bonds. The Labute approximate surface area is 88.2 Å². The number of ketones is 1. The van der Waals surface area contributed by atoms with Crippen LogP contribution >= 0.6 is 0 Å². The maximum absolute atomic E-state index is 11.5. The molecule has 4 heteroatoms. The highest BCUT2D eigenvalue weighted by molar-refractivity contribution is 5.97. The Kier molecular flexibility index (Phi) is 2.75. The minimum absolute atomic E-state index is 0.184. The molecule has 82 valence electrons. The van der Waals surface area contributed by atoms with Crippen LogP contribution in [0, 0.1) is 0 Å². The number of carbonyl (C=O) groups is 2. The zero-order chi connectivity index (χ0) is 10.8. The van der Waals surface area contributed by atoms with Crippen LogP contribution in [0.25, 0.3) is 0 Å². The molecular formula is C11H14O4. The lowest BCUT2D eigenvalue weighted by Crippen LogP contribution is -2.14. The summed E-state index contributed by atoms with van der Waals surface area (Å²) in [5, 5.41) is 0. The molecule has 0 unspecified atom stereocenters. The van der Waals surface area contributed by atoms with Crippen molar-refractivity contribution in [3.63, 3.8) is 0 Å². The first-order valence-corrected chi connectivity index (χ1v) is 5.19. The number of carbonyl (C=O) groups excluding carboxylic acids is 2. The first-order valence-electron chi connectivity index (χ1n) is 5.19. The van der Waals surface area contributed by atoms with Crippen LogP contribution in [-0.2, 0) is 19.1 Å². The van der Waals surface area contributed by atoms with Crippen molar-refractivity contribution in [2.24, 2.45) is 0 Å². The van der Waals surface area contributed by atoms with E-state index < -0.39 is 0 Å². The molecule has 1 aliphatic carbocycles. The second-order valence-electron chi connectivity index (χ2n) is 3.90. The number of rotatable bonds is 2. The topological polar surface area (TPSA) is 52.6 Å². The van der Waals surface area contributed by atoms with E-state index in [1.54, 1.807) is 0 Å². The molecule has 2 aliphatic rings. The van der Waals surface area contributed by atoms with Crippen molar-refractivity contribution in [1.82, 2.24) is 0 Å². The molecule has 0 bridgehead atoms. The lowest BCUT2D eigenvalue weighted by Gasteiger charge is -2.12. The maximum Gasteiger partial charge on any atom is 0.309 e. The van der Waals surface area contributed by atoms with E-state index in [1.807, 2.05) is 0 Å². The zero-order valence-corrected chi connectivity index (χ0v) is 8.75. The summed E-state index contributed by atoms with van der Waals surface area (Å²) in [6.45, 7) is 0. The molecule has 1 heterocycles. The van der Waals surface area contributed by atoms with Crippen molar-refractivity contribution in [2.45, 2.75) is 38.2 Å². The molecule has 0 aromatic rings. The van der Waals surface area contributed by atoms with E-state index in [0.717, 1.165) is 24.2 Å². The number of hydrogen-bond donors (Lipinski definition) is 0. The van der Waals surface area contributed by atoms with Crippen molar-refractivity contribution in [3.8, 4) is 0 Å². The Morgan fingerprint density at radius 3 is 3.00 bits per heavy atom. The lowest BCUT2D eigenvalue weighted by molar-refractivity contribution is -0.142. The summed E-state index contributed by atoms with van der Waals surface area (Å²) < 4.78 is 10.1. The van der Waals surface area contributed by atoms with Crippen molar-refractivity contribution in [1.29, 1.82) is 0 Å². The van der Waals surface area contributed by atoms with E-state index in [1.165, 1.54) is 7.11 Å². The fraction of sp³-hybridized carbons (Fsp3) is 0.636. The molecular weight excluding hydrogens is 196 g/mol. The third-order valence-electron chi connectivity index (χ3n) is 2.84. The summed E-state index contributed by atoms with van der Waals surface area (Å²) in [5.74, 6) is 0.705. The molecule has 0 saturated heterocycles. The van der Waals surface area contributed by atoms with Gasteiger partial charge in [0, 0.05) is 24.8 Å². The number of allylic oxidation sites excluding steroid dienone is 1. The van der Waals surface area contributed by atoms with Gasteiger partial charge in [0.25, 0.3) is 0 Å². The van der Waals surface area contributed by atoms with Crippen molar-refractivity contribution >= 4 is 11.8 Å². The Morgan fingerprint density at radius 1 is 1.53 bits per heavy atom. The van der Waals surface area contributed by atoms with Gasteiger partial charge in [-0.1, -0.05) is 0 Å². The maximum atomic E-state index is 11.5. The van der Waals surface area contributed by atoms with Gasteiger partial charge in [-0.2, -0.15) is 0 Å². The molecule has 0 saturated carbocycles. The standard InChI is InChI=1S/C11H14O4/c1-14-11(13)6-7-5-8-9(12)3-2-4-10(8)15-7/h7H,2-6H2,1H3/t7-/m0/s1. The molecule has 0 aromatic heterocycles. The van der Waals surface area contributed by atoms with Crippen LogP contribution in [-0.4, -0.2) is 25.0 Å². The average molecular weight is 210 g/mol. The van der Waals surface area contributed by atoms with E-state index >= 15 is 0 Å². The van der Waals surface area contributed by atoms with Crippen molar-refractivity contribution in [2.75, 3.05) is 7.11 Å². The molecule has 15 heavy (non-hydrogen) atoms. The molecule has 1 atom stereocenters. The van der Waals surface area contributed by atoms with Crippen LogP contribution in [0.1, 0.15) is 32.1 Å². The van der Waals surface area contributed by atoms with Crippen LogP contribution in [0.15, 0.2) is 11.3 Å². The monoisotopic (exact) mass is 210 g/mol. The second kappa shape index (κ2) is 4.04. The van der Waals surface area contributed by atoms with Gasteiger partial charge in [0.15, 0.2) is 5.78 Å². The predicted octanol–water partition coefficient (Wildman–Crippen LogP) is 1.35. The van der Waals surface area contributed by atoms with Crippen LogP contribution in [0.2, 0.25) is 0 Å². The first kappa shape index (κ1) is 10.2. The van der Waals surface area contributed by atoms with E-state index in [4.69, 9.17) is 4.74 Å². The number of ether oxygens (including phenoxy) is 2. The normalized spacial score (nSPS) is 24.9. The molecule has 2 rings (SSSR count). The third kappa shape index (κ3) is 2.03. The highest BCUT2D eigenvalue weighted by atomic mass is 16.5. The second-order valence-corrected chi connectivity index (χ2v) is 3.90. The number of Topliss-reactive ketones (excluding diaryl/α,β-unsaturated/α-hetero) is 1. The first-order chi connectivity index (χ1) is 7.20. The fourth-order valence-electron chi connectivity index (χ4n) is 2.08. The van der Waals surface area contributed by atoms with E-state index in [9.17, 15) is 9.59 Å². The molecule has 4 nitrogen and oxygen atoms in total. The Balaban J connectivity index is 1.98. The minimum atomic E-state index is -0.285. The Morgan fingerprint density at radius 2 is 2.33 bits per heavy atom. The zero-order valence-electron chi connectivity index (χ0n) is 8.75. The number of hydrogen-bond acceptors (Lipinski definition) is 4. The highest BCUT2D eigenvalue weighted by Crippen LogP contribution is 2.35. The minimum Gasteiger partial charge on any atom is -0.493 e. The van der Waals surface area contributed by atoms with Crippen LogP contribution in [0.5, 0.6) is 0 Å². The Hall–Kier alpha value is -1.32. The van der Waals surface area contributed by atoms with Gasteiger partial charge in [-0.25, -0.2) is 0 Å². The summed E-state index contributed by atoms with van der Waals surface area (Å²) >= 11 is 0. The number of esters is 1. The molecule has 0 N–H and O–H groups in total. The SMILES string of the molecule is COC(=O)C[C@@H]1CC2=C(CCCC2=O)O1. The molecule has 0 radical (unpaired) electrons. The summed E-state index contributed by atoms with van der Waals surface area (Å²) in [4.78, 5) is 22.6. The van der Waals surface area contributed by atoms with Crippen molar-refractivity contribution in [3.05, 3.63) is 11.3 Å². The molecule has 0 fully saturated rings. The van der Waals surface area contributed by atoms with Crippen LogP contribution < -0.4 is 0 Å². The Bertz CT molecular complexity index is 329.